The second-order valence-electron chi connectivity index (χ2n) is 6.91. The van der Waals surface area contributed by atoms with E-state index in [0.717, 1.165) is 25.1 Å². The largest absolute Gasteiger partial charge is 0.444 e. The Balaban J connectivity index is 0.00000338. The molecule has 1 aliphatic heterocycles. The predicted octanol–water partition coefficient (Wildman–Crippen LogP) is 2.84. The zero-order valence-corrected chi connectivity index (χ0v) is 18.0. The number of anilines is 1. The van der Waals surface area contributed by atoms with Crippen molar-refractivity contribution in [2.75, 3.05) is 38.2 Å². The van der Waals surface area contributed by atoms with E-state index in [1.165, 1.54) is 0 Å². The standard InChI is InChI=1S/C18H28N4O3.HI/c1-18(2,3)25-17(23)21-15-6-4-14(5-7-15)8-9-20-16(19)22-10-12-24-13-11-22;/h4-7H,8-13H2,1-3H3,(H2,19,20)(H,21,23);1H. The van der Waals surface area contributed by atoms with Gasteiger partial charge >= 0.3 is 6.09 Å². The van der Waals surface area contributed by atoms with Gasteiger partial charge in [0.05, 0.1) is 13.2 Å². The van der Waals surface area contributed by atoms with Crippen LogP contribution in [0.2, 0.25) is 0 Å². The highest BCUT2D eigenvalue weighted by atomic mass is 127. The van der Waals surface area contributed by atoms with Gasteiger partial charge < -0.3 is 20.1 Å². The molecule has 8 heteroatoms. The van der Waals surface area contributed by atoms with Crippen LogP contribution in [0, 0.1) is 0 Å². The minimum Gasteiger partial charge on any atom is -0.444 e. The van der Waals surface area contributed by atoms with Crippen LogP contribution >= 0.6 is 24.0 Å². The highest BCUT2D eigenvalue weighted by Gasteiger charge is 2.16. The van der Waals surface area contributed by atoms with E-state index in [4.69, 9.17) is 15.2 Å². The SMILES string of the molecule is CC(C)(C)OC(=O)Nc1ccc(CCN=C(N)N2CCOCC2)cc1.I. The molecule has 0 radical (unpaired) electrons. The van der Waals surface area contributed by atoms with Gasteiger partial charge in [-0.05, 0) is 44.9 Å². The summed E-state index contributed by atoms with van der Waals surface area (Å²) in [6, 6.07) is 7.64. The van der Waals surface area contributed by atoms with Gasteiger partial charge in [0.1, 0.15) is 5.60 Å². The zero-order chi connectivity index (χ0) is 18.3. The molecule has 7 nitrogen and oxygen atoms in total. The van der Waals surface area contributed by atoms with Crippen molar-refractivity contribution in [2.24, 2.45) is 10.7 Å². The second-order valence-corrected chi connectivity index (χ2v) is 6.91. The number of halogens is 1. The van der Waals surface area contributed by atoms with Crippen molar-refractivity contribution < 1.29 is 14.3 Å². The van der Waals surface area contributed by atoms with Crippen LogP contribution < -0.4 is 11.1 Å². The first kappa shape index (κ1) is 22.5. The third-order valence-electron chi connectivity index (χ3n) is 3.61. The number of carbonyl (C=O) groups is 1. The van der Waals surface area contributed by atoms with Gasteiger partial charge in [0.15, 0.2) is 5.96 Å². The molecule has 1 aromatic carbocycles. The van der Waals surface area contributed by atoms with Crippen LogP contribution in [0.1, 0.15) is 26.3 Å². The summed E-state index contributed by atoms with van der Waals surface area (Å²) >= 11 is 0. The molecule has 1 saturated heterocycles. The summed E-state index contributed by atoms with van der Waals surface area (Å²) in [7, 11) is 0. The van der Waals surface area contributed by atoms with Crippen molar-refractivity contribution in [3.8, 4) is 0 Å². The van der Waals surface area contributed by atoms with Crippen molar-refractivity contribution in [2.45, 2.75) is 32.8 Å². The minimum atomic E-state index is -0.511. The average Bonchev–Trinajstić information content (AvgIpc) is 2.55. The number of ether oxygens (including phenoxy) is 2. The predicted molar refractivity (Wildman–Crippen MR) is 114 cm³/mol. The minimum absolute atomic E-state index is 0. The van der Waals surface area contributed by atoms with Crippen LogP contribution in [0.15, 0.2) is 29.3 Å². The number of carbonyl (C=O) groups excluding carboxylic acids is 1. The van der Waals surface area contributed by atoms with E-state index in [1.54, 1.807) is 0 Å². The van der Waals surface area contributed by atoms with Gasteiger partial charge in [-0.25, -0.2) is 4.79 Å². The molecule has 26 heavy (non-hydrogen) atoms. The maximum atomic E-state index is 11.7. The van der Waals surface area contributed by atoms with Crippen molar-refractivity contribution in [1.29, 1.82) is 0 Å². The maximum Gasteiger partial charge on any atom is 0.412 e. The lowest BCUT2D eigenvalue weighted by Crippen LogP contribution is -2.44. The van der Waals surface area contributed by atoms with E-state index in [1.807, 2.05) is 49.9 Å². The molecular formula is C18H29IN4O3. The highest BCUT2D eigenvalue weighted by molar-refractivity contribution is 14.0. The summed E-state index contributed by atoms with van der Waals surface area (Å²) < 4.78 is 10.5. The van der Waals surface area contributed by atoms with Crippen LogP contribution in [0.25, 0.3) is 0 Å². The lowest BCUT2D eigenvalue weighted by molar-refractivity contribution is 0.0636. The molecule has 3 N–H and O–H groups in total. The zero-order valence-electron chi connectivity index (χ0n) is 15.7. The fraction of sp³-hybridized carbons (Fsp3) is 0.556. The smallest absolute Gasteiger partial charge is 0.412 e. The summed E-state index contributed by atoms with van der Waals surface area (Å²) in [5.41, 5.74) is 7.33. The number of morpholine rings is 1. The number of nitrogens with one attached hydrogen (secondary N) is 1. The van der Waals surface area contributed by atoms with E-state index >= 15 is 0 Å². The molecule has 1 heterocycles. The van der Waals surface area contributed by atoms with Crippen molar-refractivity contribution >= 4 is 41.7 Å². The monoisotopic (exact) mass is 476 g/mol. The first-order chi connectivity index (χ1) is 11.8. The van der Waals surface area contributed by atoms with Gasteiger partial charge in [0.2, 0.25) is 0 Å². The molecule has 1 aliphatic rings. The normalized spacial score (nSPS) is 15.2. The fourth-order valence-electron chi connectivity index (χ4n) is 2.37. The number of nitrogens with zero attached hydrogens (tertiary/aromatic N) is 2. The van der Waals surface area contributed by atoms with Crippen molar-refractivity contribution in [3.63, 3.8) is 0 Å². The Morgan fingerprint density at radius 2 is 1.88 bits per heavy atom. The lowest BCUT2D eigenvalue weighted by atomic mass is 10.1. The Kier molecular flexibility index (Phi) is 9.14. The topological polar surface area (TPSA) is 89.2 Å². The molecule has 1 fully saturated rings. The van der Waals surface area contributed by atoms with Crippen LogP contribution in [0.4, 0.5) is 10.5 Å². The average molecular weight is 476 g/mol. The first-order valence-corrected chi connectivity index (χ1v) is 8.55. The van der Waals surface area contributed by atoms with Crippen molar-refractivity contribution in [3.05, 3.63) is 29.8 Å². The van der Waals surface area contributed by atoms with Crippen LogP contribution in [0.3, 0.4) is 0 Å². The van der Waals surface area contributed by atoms with Gasteiger partial charge in [-0.1, -0.05) is 12.1 Å². The molecule has 0 aromatic heterocycles. The van der Waals surface area contributed by atoms with Crippen LogP contribution in [-0.4, -0.2) is 55.4 Å². The molecule has 0 unspecified atom stereocenters. The quantitative estimate of drug-likeness (QED) is 0.397. The summed E-state index contributed by atoms with van der Waals surface area (Å²) in [5.74, 6) is 0.575. The maximum absolute atomic E-state index is 11.7. The fourth-order valence-corrected chi connectivity index (χ4v) is 2.37. The number of nitrogens with two attached hydrogens (primary N) is 1. The molecule has 2 rings (SSSR count). The number of aliphatic imine (C=N–C) groups is 1. The van der Waals surface area contributed by atoms with Gasteiger partial charge in [-0.15, -0.1) is 24.0 Å². The lowest BCUT2D eigenvalue weighted by Gasteiger charge is -2.27. The van der Waals surface area contributed by atoms with Gasteiger partial charge in [0.25, 0.3) is 0 Å². The number of amides is 1. The van der Waals surface area contributed by atoms with E-state index in [-0.39, 0.29) is 24.0 Å². The summed E-state index contributed by atoms with van der Waals surface area (Å²) in [5, 5.41) is 2.72. The Hall–Kier alpha value is -1.55. The Labute approximate surface area is 172 Å². The van der Waals surface area contributed by atoms with Crippen molar-refractivity contribution in [1.82, 2.24) is 4.90 Å². The third-order valence-corrected chi connectivity index (χ3v) is 3.61. The molecule has 0 bridgehead atoms. The number of hydrogen-bond acceptors (Lipinski definition) is 4. The van der Waals surface area contributed by atoms with Gasteiger partial charge in [-0.3, -0.25) is 10.3 Å². The third kappa shape index (κ3) is 8.22. The molecule has 0 spiro atoms. The van der Waals surface area contributed by atoms with Gasteiger partial charge in [0, 0.05) is 25.3 Å². The Bertz CT molecular complexity index is 593. The summed E-state index contributed by atoms with van der Waals surface area (Å²) in [6.45, 7) is 9.10. The molecule has 0 saturated carbocycles. The van der Waals surface area contributed by atoms with Crippen LogP contribution in [-0.2, 0) is 15.9 Å². The van der Waals surface area contributed by atoms with E-state index < -0.39 is 11.7 Å². The Morgan fingerprint density at radius 3 is 2.46 bits per heavy atom. The molecule has 146 valence electrons. The molecule has 0 atom stereocenters. The summed E-state index contributed by atoms with van der Waals surface area (Å²) in [6.07, 6.45) is 0.334. The van der Waals surface area contributed by atoms with E-state index in [2.05, 4.69) is 10.3 Å². The molecule has 0 aliphatic carbocycles. The van der Waals surface area contributed by atoms with Crippen LogP contribution in [0.5, 0.6) is 0 Å². The summed E-state index contributed by atoms with van der Waals surface area (Å²) in [4.78, 5) is 18.2. The number of rotatable bonds is 4. The number of guanidine groups is 1. The first-order valence-electron chi connectivity index (χ1n) is 8.55. The number of hydrogen-bond donors (Lipinski definition) is 2. The molecule has 1 amide bonds. The number of benzene rings is 1. The highest BCUT2D eigenvalue weighted by Crippen LogP contribution is 2.13. The van der Waals surface area contributed by atoms with E-state index in [0.29, 0.717) is 31.4 Å². The second kappa shape index (κ2) is 10.6. The van der Waals surface area contributed by atoms with E-state index in [9.17, 15) is 4.79 Å². The molecular weight excluding hydrogens is 447 g/mol. The molecule has 1 aromatic rings. The Morgan fingerprint density at radius 1 is 1.27 bits per heavy atom. The van der Waals surface area contributed by atoms with Gasteiger partial charge in [-0.2, -0.15) is 0 Å².